The molecule has 2 rings (SSSR count). The van der Waals surface area contributed by atoms with Gasteiger partial charge in [-0.1, -0.05) is 12.1 Å². The van der Waals surface area contributed by atoms with Crippen molar-refractivity contribution in [3.05, 3.63) is 29.8 Å². The van der Waals surface area contributed by atoms with Crippen LogP contribution in [0.5, 0.6) is 0 Å². The molecule has 1 saturated heterocycles. The molecule has 0 bridgehead atoms. The standard InChI is InChI=1S/C15H20F2N2O3S.ClH/c16-15(17)23(21,22)13-5-3-11(4-6-13)8-14(20)19-10-12-2-1-7-18-9-12;/h3-6,12,15,18H,1-2,7-10H2,(H,19,20);1H. The maximum Gasteiger partial charge on any atom is 0.341 e. The van der Waals surface area contributed by atoms with E-state index in [1.807, 2.05) is 0 Å². The Morgan fingerprint density at radius 2 is 1.96 bits per heavy atom. The van der Waals surface area contributed by atoms with E-state index in [-0.39, 0.29) is 24.7 Å². The largest absolute Gasteiger partial charge is 0.355 e. The average molecular weight is 383 g/mol. The van der Waals surface area contributed by atoms with E-state index in [1.165, 1.54) is 12.1 Å². The van der Waals surface area contributed by atoms with Gasteiger partial charge in [0.1, 0.15) is 0 Å². The molecule has 24 heavy (non-hydrogen) atoms. The highest BCUT2D eigenvalue weighted by atomic mass is 35.5. The predicted octanol–water partition coefficient (Wildman–Crippen LogP) is 1.76. The molecule has 1 fully saturated rings. The second kappa shape index (κ2) is 9.29. The molecule has 0 aromatic heterocycles. The van der Waals surface area contributed by atoms with Crippen LogP contribution in [-0.4, -0.2) is 39.7 Å². The average Bonchev–Trinajstić information content (AvgIpc) is 2.54. The van der Waals surface area contributed by atoms with Crippen molar-refractivity contribution in [2.45, 2.75) is 29.9 Å². The number of sulfone groups is 1. The molecule has 5 nitrogen and oxygen atoms in total. The Kier molecular flexibility index (Phi) is 8.05. The fourth-order valence-electron chi connectivity index (χ4n) is 2.50. The van der Waals surface area contributed by atoms with Crippen molar-refractivity contribution in [2.75, 3.05) is 19.6 Å². The van der Waals surface area contributed by atoms with Gasteiger partial charge < -0.3 is 10.6 Å². The summed E-state index contributed by atoms with van der Waals surface area (Å²) in [5.41, 5.74) is 0.581. The van der Waals surface area contributed by atoms with Crippen LogP contribution in [0.4, 0.5) is 8.78 Å². The lowest BCUT2D eigenvalue weighted by molar-refractivity contribution is -0.120. The Hall–Kier alpha value is -1.25. The van der Waals surface area contributed by atoms with E-state index in [9.17, 15) is 22.0 Å². The molecule has 1 aliphatic heterocycles. The van der Waals surface area contributed by atoms with E-state index in [1.54, 1.807) is 0 Å². The number of benzene rings is 1. The first-order valence-electron chi connectivity index (χ1n) is 7.48. The number of rotatable bonds is 6. The van der Waals surface area contributed by atoms with E-state index in [0.717, 1.165) is 38.1 Å². The molecule has 0 saturated carbocycles. The first-order chi connectivity index (χ1) is 10.9. The first-order valence-corrected chi connectivity index (χ1v) is 9.02. The van der Waals surface area contributed by atoms with E-state index in [2.05, 4.69) is 10.6 Å². The Morgan fingerprint density at radius 1 is 1.29 bits per heavy atom. The van der Waals surface area contributed by atoms with Gasteiger partial charge in [-0.05, 0) is 49.5 Å². The van der Waals surface area contributed by atoms with Crippen LogP contribution in [0.15, 0.2) is 29.2 Å². The van der Waals surface area contributed by atoms with Crippen molar-refractivity contribution in [1.29, 1.82) is 0 Å². The van der Waals surface area contributed by atoms with E-state index in [4.69, 9.17) is 0 Å². The van der Waals surface area contributed by atoms with Crippen LogP contribution in [0.1, 0.15) is 18.4 Å². The van der Waals surface area contributed by atoms with Gasteiger partial charge in [-0.15, -0.1) is 12.4 Å². The second-order valence-electron chi connectivity index (χ2n) is 5.64. The quantitative estimate of drug-likeness (QED) is 0.786. The molecule has 1 aromatic rings. The van der Waals surface area contributed by atoms with Crippen LogP contribution in [0, 0.1) is 5.92 Å². The molecule has 2 N–H and O–H groups in total. The molecule has 1 amide bonds. The van der Waals surface area contributed by atoms with Crippen molar-refractivity contribution in [3.63, 3.8) is 0 Å². The third-order valence-electron chi connectivity index (χ3n) is 3.84. The topological polar surface area (TPSA) is 75.3 Å². The van der Waals surface area contributed by atoms with Crippen molar-refractivity contribution in [2.24, 2.45) is 5.92 Å². The highest BCUT2D eigenvalue weighted by Gasteiger charge is 2.26. The van der Waals surface area contributed by atoms with Gasteiger partial charge in [-0.3, -0.25) is 4.79 Å². The third kappa shape index (κ3) is 5.68. The Balaban J connectivity index is 0.00000288. The molecular formula is C15H21ClF2N2O3S. The highest BCUT2D eigenvalue weighted by molar-refractivity contribution is 7.91. The summed E-state index contributed by atoms with van der Waals surface area (Å²) in [5.74, 6) is -3.19. The van der Waals surface area contributed by atoms with E-state index >= 15 is 0 Å². The summed E-state index contributed by atoms with van der Waals surface area (Å²) < 4.78 is 47.5. The van der Waals surface area contributed by atoms with Gasteiger partial charge in [0.05, 0.1) is 11.3 Å². The summed E-state index contributed by atoms with van der Waals surface area (Å²) in [6.07, 6.45) is 2.27. The number of alkyl halides is 2. The SMILES string of the molecule is Cl.O=C(Cc1ccc(S(=O)(=O)C(F)F)cc1)NCC1CCCNC1. The zero-order chi connectivity index (χ0) is 16.9. The maximum atomic E-state index is 12.4. The summed E-state index contributed by atoms with van der Waals surface area (Å²) in [5, 5.41) is 6.11. The molecule has 9 heteroatoms. The minimum absolute atomic E-state index is 0. The summed E-state index contributed by atoms with van der Waals surface area (Å²) in [6.45, 7) is 2.50. The Labute approximate surface area is 146 Å². The van der Waals surface area contributed by atoms with Crippen LogP contribution < -0.4 is 10.6 Å². The van der Waals surface area contributed by atoms with Gasteiger partial charge in [0.15, 0.2) is 0 Å². The second-order valence-corrected chi connectivity index (χ2v) is 7.56. The van der Waals surface area contributed by atoms with Crippen LogP contribution >= 0.6 is 12.4 Å². The molecule has 136 valence electrons. The van der Waals surface area contributed by atoms with Crippen LogP contribution in [0.2, 0.25) is 0 Å². The maximum absolute atomic E-state index is 12.4. The monoisotopic (exact) mass is 382 g/mol. The molecule has 1 unspecified atom stereocenters. The van der Waals surface area contributed by atoms with Gasteiger partial charge >= 0.3 is 5.76 Å². The Bertz CT molecular complexity index is 633. The summed E-state index contributed by atoms with van der Waals surface area (Å²) in [4.78, 5) is 11.4. The molecule has 1 heterocycles. The van der Waals surface area contributed by atoms with Gasteiger partial charge in [0.2, 0.25) is 15.7 Å². The Morgan fingerprint density at radius 3 is 2.50 bits per heavy atom. The fourth-order valence-corrected chi connectivity index (χ4v) is 3.23. The van der Waals surface area contributed by atoms with E-state index < -0.39 is 20.5 Å². The molecule has 1 aliphatic rings. The number of piperidine rings is 1. The van der Waals surface area contributed by atoms with Crippen molar-refractivity contribution >= 4 is 28.2 Å². The molecule has 0 spiro atoms. The lowest BCUT2D eigenvalue weighted by atomic mass is 10.00. The zero-order valence-electron chi connectivity index (χ0n) is 13.0. The van der Waals surface area contributed by atoms with Crippen LogP contribution in [-0.2, 0) is 21.1 Å². The van der Waals surface area contributed by atoms with Crippen molar-refractivity contribution < 1.29 is 22.0 Å². The molecule has 1 atom stereocenters. The molecule has 1 aromatic carbocycles. The van der Waals surface area contributed by atoms with Gasteiger partial charge in [0, 0.05) is 6.54 Å². The number of hydrogen-bond acceptors (Lipinski definition) is 4. The summed E-state index contributed by atoms with van der Waals surface area (Å²) in [6, 6.07) is 4.98. The van der Waals surface area contributed by atoms with Gasteiger partial charge in [0.25, 0.3) is 0 Å². The number of nitrogens with one attached hydrogen (secondary N) is 2. The van der Waals surface area contributed by atoms with E-state index in [0.29, 0.717) is 18.0 Å². The van der Waals surface area contributed by atoms with Crippen LogP contribution in [0.3, 0.4) is 0 Å². The summed E-state index contributed by atoms with van der Waals surface area (Å²) in [7, 11) is -4.59. The first kappa shape index (κ1) is 20.8. The highest BCUT2D eigenvalue weighted by Crippen LogP contribution is 2.18. The lowest BCUT2D eigenvalue weighted by Gasteiger charge is -2.22. The van der Waals surface area contributed by atoms with Gasteiger partial charge in [-0.2, -0.15) is 8.78 Å². The number of halogens is 3. The van der Waals surface area contributed by atoms with Gasteiger partial charge in [-0.25, -0.2) is 8.42 Å². The fraction of sp³-hybridized carbons (Fsp3) is 0.533. The summed E-state index contributed by atoms with van der Waals surface area (Å²) >= 11 is 0. The predicted molar refractivity (Wildman–Crippen MR) is 89.2 cm³/mol. The number of carbonyl (C=O) groups is 1. The normalized spacial score (nSPS) is 18.0. The molecular weight excluding hydrogens is 362 g/mol. The minimum atomic E-state index is -4.59. The van der Waals surface area contributed by atoms with Crippen molar-refractivity contribution in [1.82, 2.24) is 10.6 Å². The number of amides is 1. The van der Waals surface area contributed by atoms with Crippen molar-refractivity contribution in [3.8, 4) is 0 Å². The minimum Gasteiger partial charge on any atom is -0.355 e. The molecule has 0 aliphatic carbocycles. The third-order valence-corrected chi connectivity index (χ3v) is 5.24. The zero-order valence-corrected chi connectivity index (χ0v) is 14.6. The smallest absolute Gasteiger partial charge is 0.341 e. The number of carbonyl (C=O) groups excluding carboxylic acids is 1. The van der Waals surface area contributed by atoms with Crippen LogP contribution in [0.25, 0.3) is 0 Å². The lowest BCUT2D eigenvalue weighted by Crippen LogP contribution is -2.38. The molecule has 0 radical (unpaired) electrons. The number of hydrogen-bond donors (Lipinski definition) is 2.